The number of anilines is 2. The van der Waals surface area contributed by atoms with Crippen LogP contribution in [-0.2, 0) is 19.1 Å². The van der Waals surface area contributed by atoms with Crippen LogP contribution in [0, 0.1) is 6.92 Å². The van der Waals surface area contributed by atoms with Crippen molar-refractivity contribution in [2.45, 2.75) is 76.3 Å². The summed E-state index contributed by atoms with van der Waals surface area (Å²) < 4.78 is 41.4. The van der Waals surface area contributed by atoms with Gasteiger partial charge in [0.1, 0.15) is 5.82 Å². The molecule has 2 bridgehead atoms. The summed E-state index contributed by atoms with van der Waals surface area (Å²) in [4.78, 5) is 36.5. The minimum Gasteiger partial charge on any atom is -0.341 e. The van der Waals surface area contributed by atoms with E-state index in [0.717, 1.165) is 74.4 Å². The maximum absolute atomic E-state index is 13.4. The number of carbonyl (C=O) groups excluding carboxylic acids is 2. The standard InChI is InChI=1S/C33H40F3N7O2/c1-22-38-29-21-40(31(44)37-2)18-15-30(29)43(22)28-19-26-13-14-27(20-28)41(26)16-6-17-42(25-7-4-3-5-8-25)32(45)39-24-11-9-23(10-12-24)33(34,35)36/h3-5,7-12,26-28H,6,13-21H2,1-2H3,(H,37,44)(H,39,45)/t26-,27+,28?. The first-order valence-corrected chi connectivity index (χ1v) is 15.7. The van der Waals surface area contributed by atoms with E-state index in [1.807, 2.05) is 35.2 Å². The Labute approximate surface area is 261 Å². The number of para-hydroxylation sites is 1. The molecule has 2 aromatic carbocycles. The first-order valence-electron chi connectivity index (χ1n) is 15.7. The highest BCUT2D eigenvalue weighted by atomic mass is 19.4. The van der Waals surface area contributed by atoms with Crippen LogP contribution in [0.15, 0.2) is 54.6 Å². The lowest BCUT2D eigenvalue weighted by Gasteiger charge is -2.41. The van der Waals surface area contributed by atoms with E-state index in [-0.39, 0.29) is 12.1 Å². The number of nitrogens with one attached hydrogen (secondary N) is 2. The van der Waals surface area contributed by atoms with Gasteiger partial charge in [0.05, 0.1) is 17.8 Å². The number of aromatic nitrogens is 2. The monoisotopic (exact) mass is 623 g/mol. The second-order valence-electron chi connectivity index (χ2n) is 12.2. The molecule has 0 radical (unpaired) electrons. The molecule has 3 atom stereocenters. The summed E-state index contributed by atoms with van der Waals surface area (Å²) in [6.45, 7) is 4.64. The van der Waals surface area contributed by atoms with Gasteiger partial charge in [-0.1, -0.05) is 18.2 Å². The lowest BCUT2D eigenvalue weighted by atomic mass is 9.95. The fourth-order valence-electron chi connectivity index (χ4n) is 7.48. The minimum atomic E-state index is -4.43. The van der Waals surface area contributed by atoms with Gasteiger partial charge in [-0.15, -0.1) is 0 Å². The van der Waals surface area contributed by atoms with E-state index in [0.29, 0.717) is 43.4 Å². The summed E-state index contributed by atoms with van der Waals surface area (Å²) >= 11 is 0. The number of piperidine rings is 1. The van der Waals surface area contributed by atoms with Crippen LogP contribution in [-0.4, -0.2) is 70.2 Å². The van der Waals surface area contributed by atoms with Crippen molar-refractivity contribution in [2.75, 3.05) is 36.9 Å². The van der Waals surface area contributed by atoms with Crippen molar-refractivity contribution in [1.29, 1.82) is 0 Å². The van der Waals surface area contributed by atoms with E-state index in [1.165, 1.54) is 17.8 Å². The number of hydrogen-bond donors (Lipinski definition) is 2. The molecule has 2 N–H and O–H groups in total. The van der Waals surface area contributed by atoms with Gasteiger partial charge in [-0.3, -0.25) is 9.80 Å². The summed E-state index contributed by atoms with van der Waals surface area (Å²) in [6, 6.07) is 14.7. The second-order valence-corrected chi connectivity index (χ2v) is 12.2. The smallest absolute Gasteiger partial charge is 0.341 e. The molecule has 2 saturated heterocycles. The highest BCUT2D eigenvalue weighted by molar-refractivity contribution is 6.01. The molecule has 12 heteroatoms. The van der Waals surface area contributed by atoms with Crippen LogP contribution < -0.4 is 15.5 Å². The highest BCUT2D eigenvalue weighted by Gasteiger charge is 2.42. The quantitative estimate of drug-likeness (QED) is 0.328. The van der Waals surface area contributed by atoms with Crippen LogP contribution >= 0.6 is 0 Å². The number of imidazole rings is 1. The number of hydrogen-bond acceptors (Lipinski definition) is 4. The summed E-state index contributed by atoms with van der Waals surface area (Å²) in [5.41, 5.74) is 2.57. The predicted octanol–water partition coefficient (Wildman–Crippen LogP) is 6.20. The van der Waals surface area contributed by atoms with Gasteiger partial charge < -0.3 is 20.1 Å². The topological polar surface area (TPSA) is 85.7 Å². The molecule has 1 unspecified atom stereocenters. The number of benzene rings is 2. The molecule has 2 fully saturated rings. The number of rotatable bonds is 7. The Balaban J connectivity index is 1.09. The lowest BCUT2D eigenvalue weighted by Crippen LogP contribution is -2.46. The Morgan fingerprint density at radius 1 is 1.00 bits per heavy atom. The maximum atomic E-state index is 13.4. The van der Waals surface area contributed by atoms with Crippen molar-refractivity contribution in [3.8, 4) is 0 Å². The first-order chi connectivity index (χ1) is 21.6. The Bertz CT molecular complexity index is 1490. The third-order valence-corrected chi connectivity index (χ3v) is 9.53. The molecule has 0 spiro atoms. The van der Waals surface area contributed by atoms with Crippen LogP contribution in [0.3, 0.4) is 0 Å². The molecule has 0 saturated carbocycles. The van der Waals surface area contributed by atoms with Crippen LogP contribution in [0.5, 0.6) is 0 Å². The molecule has 240 valence electrons. The average molecular weight is 624 g/mol. The minimum absolute atomic E-state index is 0.0675. The van der Waals surface area contributed by atoms with Crippen molar-refractivity contribution in [1.82, 2.24) is 24.7 Å². The Morgan fingerprint density at radius 3 is 2.33 bits per heavy atom. The molecule has 3 aliphatic heterocycles. The summed E-state index contributed by atoms with van der Waals surface area (Å²) in [6.07, 6.45) is 1.55. The van der Waals surface area contributed by atoms with Gasteiger partial charge in [-0.2, -0.15) is 13.2 Å². The number of fused-ring (bicyclic) bond motifs is 3. The van der Waals surface area contributed by atoms with Crippen molar-refractivity contribution < 1.29 is 22.8 Å². The molecule has 4 heterocycles. The van der Waals surface area contributed by atoms with Gasteiger partial charge in [-0.25, -0.2) is 14.6 Å². The van der Waals surface area contributed by atoms with E-state index in [1.54, 1.807) is 11.9 Å². The Kier molecular flexibility index (Phi) is 8.76. The van der Waals surface area contributed by atoms with E-state index >= 15 is 0 Å². The number of amides is 4. The Morgan fingerprint density at radius 2 is 1.69 bits per heavy atom. The van der Waals surface area contributed by atoms with Crippen molar-refractivity contribution in [3.63, 3.8) is 0 Å². The molecule has 6 rings (SSSR count). The van der Waals surface area contributed by atoms with Crippen molar-refractivity contribution in [2.24, 2.45) is 0 Å². The SMILES string of the molecule is CNC(=O)N1CCc2c(nc(C)n2C2C[C@H]3CC[C@@H](C2)N3CCCN(C(=O)Nc2ccc(C(F)(F)F)cc2)c2ccccc2)C1. The molecular weight excluding hydrogens is 583 g/mol. The summed E-state index contributed by atoms with van der Waals surface area (Å²) in [7, 11) is 1.66. The normalized spacial score (nSPS) is 21.4. The zero-order valence-electron chi connectivity index (χ0n) is 25.7. The fraction of sp³-hybridized carbons (Fsp3) is 0.485. The van der Waals surface area contributed by atoms with E-state index in [2.05, 4.69) is 27.0 Å². The van der Waals surface area contributed by atoms with Crippen molar-refractivity contribution in [3.05, 3.63) is 77.4 Å². The zero-order chi connectivity index (χ0) is 31.7. The number of halogens is 3. The molecule has 9 nitrogen and oxygen atoms in total. The van der Waals surface area contributed by atoms with Crippen LogP contribution in [0.2, 0.25) is 0 Å². The van der Waals surface area contributed by atoms with Gasteiger partial charge in [0, 0.05) is 68.3 Å². The largest absolute Gasteiger partial charge is 0.416 e. The molecule has 4 amide bonds. The third kappa shape index (κ3) is 6.51. The number of aryl methyl sites for hydroxylation is 1. The highest BCUT2D eigenvalue weighted by Crippen LogP contribution is 2.42. The second kappa shape index (κ2) is 12.7. The van der Waals surface area contributed by atoms with Gasteiger partial charge in [-0.05, 0) is 75.4 Å². The molecule has 0 aliphatic carbocycles. The maximum Gasteiger partial charge on any atom is 0.416 e. The molecule has 3 aliphatic rings. The summed E-state index contributed by atoms with van der Waals surface area (Å²) in [5.74, 6) is 1.02. The van der Waals surface area contributed by atoms with Gasteiger partial charge in [0.25, 0.3) is 0 Å². The molecule has 1 aromatic heterocycles. The number of carbonyl (C=O) groups is 2. The lowest BCUT2D eigenvalue weighted by molar-refractivity contribution is -0.137. The average Bonchev–Trinajstić information content (AvgIpc) is 3.48. The third-order valence-electron chi connectivity index (χ3n) is 9.53. The molecule has 3 aromatic rings. The van der Waals surface area contributed by atoms with Gasteiger partial charge in [0.15, 0.2) is 0 Å². The van der Waals surface area contributed by atoms with Crippen LogP contribution in [0.25, 0.3) is 0 Å². The van der Waals surface area contributed by atoms with E-state index in [4.69, 9.17) is 4.98 Å². The fourth-order valence-corrected chi connectivity index (χ4v) is 7.48. The number of nitrogens with zero attached hydrogens (tertiary/aromatic N) is 5. The summed E-state index contributed by atoms with van der Waals surface area (Å²) in [5, 5.41) is 5.49. The van der Waals surface area contributed by atoms with E-state index in [9.17, 15) is 22.8 Å². The predicted molar refractivity (Wildman–Crippen MR) is 166 cm³/mol. The number of urea groups is 2. The Hall–Kier alpha value is -4.06. The van der Waals surface area contributed by atoms with Gasteiger partial charge >= 0.3 is 18.2 Å². The molecule has 45 heavy (non-hydrogen) atoms. The van der Waals surface area contributed by atoms with E-state index < -0.39 is 11.7 Å². The van der Waals surface area contributed by atoms with Gasteiger partial charge in [0.2, 0.25) is 0 Å². The van der Waals surface area contributed by atoms with Crippen LogP contribution in [0.4, 0.5) is 34.1 Å². The molecular formula is C33H40F3N7O2. The number of alkyl halides is 3. The van der Waals surface area contributed by atoms with Crippen molar-refractivity contribution >= 4 is 23.4 Å². The zero-order valence-corrected chi connectivity index (χ0v) is 25.7. The van der Waals surface area contributed by atoms with Crippen LogP contribution in [0.1, 0.15) is 60.9 Å². The first kappa shape index (κ1) is 30.9.